The van der Waals surface area contributed by atoms with Gasteiger partial charge in [0.25, 0.3) is 17.7 Å². The van der Waals surface area contributed by atoms with Crippen molar-refractivity contribution in [2.75, 3.05) is 30.9 Å². The van der Waals surface area contributed by atoms with E-state index in [0.717, 1.165) is 41.6 Å². The van der Waals surface area contributed by atoms with Gasteiger partial charge in [0.05, 0.1) is 5.56 Å². The highest BCUT2D eigenvalue weighted by molar-refractivity contribution is 8.04. The highest BCUT2D eigenvalue weighted by Gasteiger charge is 2.39. The number of imide groups is 1. The van der Waals surface area contributed by atoms with Crippen molar-refractivity contribution < 1.29 is 32.3 Å². The Bertz CT molecular complexity index is 1420. The number of hydrogen-bond donors (Lipinski definition) is 2. The largest absolute Gasteiger partial charge is 0.416 e. The van der Waals surface area contributed by atoms with Crippen molar-refractivity contribution in [2.45, 2.75) is 24.4 Å². The molecule has 1 aliphatic heterocycles. The predicted molar refractivity (Wildman–Crippen MR) is 147 cm³/mol. The lowest BCUT2D eigenvalue weighted by atomic mass is 10.1. The molecule has 0 atom stereocenters. The normalized spacial score (nSPS) is 13.7. The van der Waals surface area contributed by atoms with Crippen molar-refractivity contribution in [2.24, 2.45) is 0 Å². The third-order valence-electron chi connectivity index (χ3n) is 5.98. The lowest BCUT2D eigenvalue weighted by Crippen LogP contribution is -2.33. The zero-order chi connectivity index (χ0) is 28.9. The minimum Gasteiger partial charge on any atom is -0.385 e. The molecule has 208 valence electrons. The monoisotopic (exact) mass is 569 g/mol. The van der Waals surface area contributed by atoms with Crippen LogP contribution in [0.5, 0.6) is 0 Å². The average Bonchev–Trinajstić information content (AvgIpc) is 3.14. The van der Waals surface area contributed by atoms with Crippen LogP contribution in [0.15, 0.2) is 88.3 Å². The molecule has 3 amide bonds. The molecule has 0 aliphatic carbocycles. The Balaban J connectivity index is 1.50. The standard InChI is InChI=1S/C29H26F3N3O4S/c1-18-4-10-21(11-5-18)33-24-25(28(38)35(27(24)37)16-3-17-39-2)40-23-14-12-22(13-15-23)34-26(36)19-6-8-20(9-7-19)29(30,31)32/h4-15,33H,3,16-17H2,1-2H3,(H,34,36). The van der Waals surface area contributed by atoms with Crippen LogP contribution in [-0.2, 0) is 20.5 Å². The molecule has 0 saturated heterocycles. The lowest BCUT2D eigenvalue weighted by Gasteiger charge is -2.14. The molecule has 0 radical (unpaired) electrons. The number of nitrogens with one attached hydrogen (secondary N) is 2. The minimum atomic E-state index is -4.49. The molecule has 0 unspecified atom stereocenters. The van der Waals surface area contributed by atoms with Gasteiger partial charge in [0, 0.05) is 42.1 Å². The van der Waals surface area contributed by atoms with Crippen molar-refractivity contribution in [3.05, 3.63) is 100 Å². The molecule has 0 saturated carbocycles. The van der Waals surface area contributed by atoms with Gasteiger partial charge in [-0.05, 0) is 74.0 Å². The van der Waals surface area contributed by atoms with E-state index in [2.05, 4.69) is 10.6 Å². The zero-order valence-electron chi connectivity index (χ0n) is 21.7. The van der Waals surface area contributed by atoms with Crippen LogP contribution in [0.3, 0.4) is 0 Å². The number of hydrogen-bond acceptors (Lipinski definition) is 6. The number of methoxy groups -OCH3 is 1. The maximum Gasteiger partial charge on any atom is 0.416 e. The first kappa shape index (κ1) is 28.9. The molecule has 1 aliphatic rings. The van der Waals surface area contributed by atoms with Gasteiger partial charge in [-0.25, -0.2) is 0 Å². The molecule has 2 N–H and O–H groups in total. The summed E-state index contributed by atoms with van der Waals surface area (Å²) in [6, 6.07) is 17.9. The third kappa shape index (κ3) is 6.91. The summed E-state index contributed by atoms with van der Waals surface area (Å²) < 4.78 is 43.4. The Morgan fingerprint density at radius 3 is 2.12 bits per heavy atom. The Morgan fingerprint density at radius 2 is 1.52 bits per heavy atom. The fourth-order valence-corrected chi connectivity index (χ4v) is 4.79. The van der Waals surface area contributed by atoms with Crippen molar-refractivity contribution in [1.29, 1.82) is 0 Å². The van der Waals surface area contributed by atoms with Crippen molar-refractivity contribution in [3.8, 4) is 0 Å². The Kier molecular flexibility index (Phi) is 8.96. The summed E-state index contributed by atoms with van der Waals surface area (Å²) in [4.78, 5) is 41.0. The summed E-state index contributed by atoms with van der Waals surface area (Å²) in [6.45, 7) is 2.56. The topological polar surface area (TPSA) is 87.7 Å². The summed E-state index contributed by atoms with van der Waals surface area (Å²) in [5.41, 5.74) is 1.54. The average molecular weight is 570 g/mol. The number of carbonyl (C=O) groups excluding carboxylic acids is 3. The number of aryl methyl sites for hydroxylation is 1. The summed E-state index contributed by atoms with van der Waals surface area (Å²) in [5, 5.41) is 5.74. The molecule has 3 aromatic carbocycles. The van der Waals surface area contributed by atoms with E-state index in [0.29, 0.717) is 29.3 Å². The van der Waals surface area contributed by atoms with Crippen LogP contribution < -0.4 is 10.6 Å². The van der Waals surface area contributed by atoms with Gasteiger partial charge in [-0.15, -0.1) is 0 Å². The number of alkyl halides is 3. The van der Waals surface area contributed by atoms with Gasteiger partial charge in [-0.1, -0.05) is 29.5 Å². The molecule has 11 heteroatoms. The molecule has 40 heavy (non-hydrogen) atoms. The third-order valence-corrected chi connectivity index (χ3v) is 7.07. The van der Waals surface area contributed by atoms with Gasteiger partial charge >= 0.3 is 6.18 Å². The smallest absolute Gasteiger partial charge is 0.385 e. The highest BCUT2D eigenvalue weighted by Crippen LogP contribution is 2.36. The van der Waals surface area contributed by atoms with Crippen molar-refractivity contribution >= 4 is 40.9 Å². The predicted octanol–water partition coefficient (Wildman–Crippen LogP) is 6.09. The fraction of sp³-hybridized carbons (Fsp3) is 0.207. The second kappa shape index (κ2) is 12.4. The number of rotatable bonds is 10. The summed E-state index contributed by atoms with van der Waals surface area (Å²) in [5.74, 6) is -1.41. The van der Waals surface area contributed by atoms with Crippen LogP contribution >= 0.6 is 11.8 Å². The van der Waals surface area contributed by atoms with Crippen LogP contribution in [0.25, 0.3) is 0 Å². The Labute approximate surface area is 233 Å². The van der Waals surface area contributed by atoms with Crippen LogP contribution in [0.2, 0.25) is 0 Å². The van der Waals surface area contributed by atoms with E-state index in [1.807, 2.05) is 31.2 Å². The number of thioether (sulfide) groups is 1. The molecule has 0 fully saturated rings. The van der Waals surface area contributed by atoms with Gasteiger partial charge in [-0.2, -0.15) is 13.2 Å². The second-order valence-corrected chi connectivity index (χ2v) is 10.0. The van der Waals surface area contributed by atoms with Crippen molar-refractivity contribution in [3.63, 3.8) is 0 Å². The number of benzene rings is 3. The van der Waals surface area contributed by atoms with E-state index in [9.17, 15) is 27.6 Å². The molecule has 4 rings (SSSR count). The lowest BCUT2D eigenvalue weighted by molar-refractivity contribution is -0.138. The molecule has 1 heterocycles. The molecule has 0 bridgehead atoms. The molecule has 0 aromatic heterocycles. The van der Waals surface area contributed by atoms with Crippen LogP contribution in [0, 0.1) is 6.92 Å². The number of carbonyl (C=O) groups is 3. The van der Waals surface area contributed by atoms with E-state index in [1.165, 1.54) is 4.90 Å². The molecule has 7 nitrogen and oxygen atoms in total. The molecule has 3 aromatic rings. The van der Waals surface area contributed by atoms with Crippen LogP contribution in [0.1, 0.15) is 27.9 Å². The van der Waals surface area contributed by atoms with E-state index >= 15 is 0 Å². The number of anilines is 2. The number of halogens is 3. The molecule has 0 spiro atoms. The van der Waals surface area contributed by atoms with E-state index in [1.54, 1.807) is 31.4 Å². The Hall–Kier alpha value is -4.09. The van der Waals surface area contributed by atoms with Gasteiger partial charge < -0.3 is 15.4 Å². The second-order valence-electron chi connectivity index (χ2n) is 8.96. The summed E-state index contributed by atoms with van der Waals surface area (Å²) in [7, 11) is 1.55. The quantitative estimate of drug-likeness (QED) is 0.227. The number of ether oxygens (including phenoxy) is 1. The first-order chi connectivity index (χ1) is 19.1. The van der Waals surface area contributed by atoms with Gasteiger partial charge in [0.1, 0.15) is 10.6 Å². The summed E-state index contributed by atoms with van der Waals surface area (Å²) in [6.07, 6.45) is -3.99. The fourth-order valence-electron chi connectivity index (χ4n) is 3.85. The first-order valence-corrected chi connectivity index (χ1v) is 13.1. The van der Waals surface area contributed by atoms with Crippen molar-refractivity contribution in [1.82, 2.24) is 4.90 Å². The highest BCUT2D eigenvalue weighted by atomic mass is 32.2. The summed E-state index contributed by atoms with van der Waals surface area (Å²) >= 11 is 1.12. The number of nitrogens with zero attached hydrogens (tertiary/aromatic N) is 1. The van der Waals surface area contributed by atoms with Gasteiger partial charge in [-0.3, -0.25) is 19.3 Å². The maximum absolute atomic E-state index is 13.2. The molecular weight excluding hydrogens is 543 g/mol. The SMILES string of the molecule is COCCCN1C(=O)C(Nc2ccc(C)cc2)=C(Sc2ccc(NC(=O)c3ccc(C(F)(F)F)cc3)cc2)C1=O. The van der Waals surface area contributed by atoms with Crippen LogP contribution in [-0.4, -0.2) is 42.9 Å². The zero-order valence-corrected chi connectivity index (χ0v) is 22.5. The first-order valence-electron chi connectivity index (χ1n) is 12.3. The Morgan fingerprint density at radius 1 is 0.900 bits per heavy atom. The number of amides is 3. The van der Waals surface area contributed by atoms with E-state index in [4.69, 9.17) is 4.74 Å². The van der Waals surface area contributed by atoms with Gasteiger partial charge in [0.2, 0.25) is 0 Å². The van der Waals surface area contributed by atoms with E-state index < -0.39 is 29.5 Å². The minimum absolute atomic E-state index is 0.0760. The van der Waals surface area contributed by atoms with Crippen LogP contribution in [0.4, 0.5) is 24.5 Å². The van der Waals surface area contributed by atoms with Gasteiger partial charge in [0.15, 0.2) is 0 Å². The molecular formula is C29H26F3N3O4S. The van der Waals surface area contributed by atoms with E-state index in [-0.39, 0.29) is 22.7 Å². The maximum atomic E-state index is 13.2.